The van der Waals surface area contributed by atoms with E-state index in [2.05, 4.69) is 54.9 Å². The Bertz CT molecular complexity index is 2260. The van der Waals surface area contributed by atoms with E-state index in [1.807, 2.05) is 13.0 Å². The topological polar surface area (TPSA) is 211 Å². The number of hydrogen-bond donors (Lipinski definition) is 7. The number of nitrogens with zero attached hydrogens (tertiary/aromatic N) is 2. The van der Waals surface area contributed by atoms with Crippen molar-refractivity contribution in [1.29, 1.82) is 0 Å². The number of rotatable bonds is 9. The molecule has 4 aliphatic heterocycles. The maximum absolute atomic E-state index is 13.5. The van der Waals surface area contributed by atoms with Crippen LogP contribution in [0.1, 0.15) is 133 Å². The van der Waals surface area contributed by atoms with Crippen LogP contribution in [0.25, 0.3) is 0 Å². The van der Waals surface area contributed by atoms with Gasteiger partial charge in [0.15, 0.2) is 17.6 Å². The Morgan fingerprint density at radius 3 is 2.26 bits per heavy atom. The molecule has 8 aliphatic rings. The average Bonchev–Trinajstić information content (AvgIpc) is 3.49. The fourth-order valence-corrected chi connectivity index (χ4v) is 15.7. The van der Waals surface area contributed by atoms with E-state index < -0.39 is 81.2 Å². The molecular weight excluding hydrogens is 883 g/mol. The van der Waals surface area contributed by atoms with E-state index in [1.54, 1.807) is 19.1 Å². The van der Waals surface area contributed by atoms with Crippen LogP contribution in [-0.4, -0.2) is 151 Å². The molecule has 0 radical (unpaired) electrons. The monoisotopic (exact) mass is 962 g/mol. The molecular formula is C54H79N3O12. The first-order valence-electron chi connectivity index (χ1n) is 25.9. The van der Waals surface area contributed by atoms with Gasteiger partial charge < -0.3 is 54.9 Å². The zero-order valence-electron chi connectivity index (χ0n) is 42.1. The second kappa shape index (κ2) is 18.0. The second-order valence-electron chi connectivity index (χ2n) is 22.9. The number of ether oxygens (including phenoxy) is 4. The van der Waals surface area contributed by atoms with E-state index in [0.717, 1.165) is 49.2 Å². The maximum atomic E-state index is 13.5. The van der Waals surface area contributed by atoms with Crippen LogP contribution in [0.3, 0.4) is 0 Å². The Hall–Kier alpha value is -3.38. The molecule has 4 saturated heterocycles. The summed E-state index contributed by atoms with van der Waals surface area (Å²) in [5.41, 5.74) is -6.17. The number of piperidine rings is 3. The van der Waals surface area contributed by atoms with Crippen LogP contribution in [0.2, 0.25) is 0 Å². The quantitative estimate of drug-likeness (QED) is 0.160. The Kier molecular flexibility index (Phi) is 13.2. The Morgan fingerprint density at radius 2 is 1.57 bits per heavy atom. The summed E-state index contributed by atoms with van der Waals surface area (Å²) in [5.74, 6) is -3.46. The fraction of sp³-hybridized carbons (Fsp3) is 0.741. The van der Waals surface area contributed by atoms with Crippen molar-refractivity contribution < 1.29 is 59.2 Å². The maximum Gasteiger partial charge on any atom is 0.338 e. The molecule has 2 aromatic rings. The van der Waals surface area contributed by atoms with Gasteiger partial charge in [-0.25, -0.2) is 4.79 Å². The summed E-state index contributed by atoms with van der Waals surface area (Å²) in [5, 5.41) is 77.9. The van der Waals surface area contributed by atoms with Gasteiger partial charge in [0.2, 0.25) is 11.7 Å². The number of esters is 1. The number of aliphatic hydroxyl groups excluding tert-OH is 1. The van der Waals surface area contributed by atoms with Crippen LogP contribution in [0.15, 0.2) is 36.4 Å². The molecule has 15 nitrogen and oxygen atoms in total. The predicted molar refractivity (Wildman–Crippen MR) is 258 cm³/mol. The molecule has 2 aromatic carbocycles. The lowest BCUT2D eigenvalue weighted by Gasteiger charge is -2.68. The van der Waals surface area contributed by atoms with Crippen molar-refractivity contribution in [2.75, 3.05) is 45.7 Å². The summed E-state index contributed by atoms with van der Waals surface area (Å²) in [6.45, 7) is 15.0. The first-order chi connectivity index (χ1) is 32.6. The largest absolute Gasteiger partial charge is 0.493 e. The smallest absolute Gasteiger partial charge is 0.338 e. The minimum atomic E-state index is -2.10. The molecule has 10 rings (SSSR count). The molecule has 1 amide bonds. The molecule has 4 heterocycles. The highest BCUT2D eigenvalue weighted by molar-refractivity contribution is 5.96. The summed E-state index contributed by atoms with van der Waals surface area (Å²) in [6, 6.07) is 10.5. The number of para-hydroxylation sites is 1. The van der Waals surface area contributed by atoms with Crippen LogP contribution in [0, 0.1) is 42.9 Å². The molecule has 4 bridgehead atoms. The fourth-order valence-electron chi connectivity index (χ4n) is 15.7. The van der Waals surface area contributed by atoms with Crippen LogP contribution in [0.4, 0.5) is 5.69 Å². The number of aryl methyl sites for hydroxylation is 2. The van der Waals surface area contributed by atoms with E-state index in [-0.39, 0.29) is 36.9 Å². The van der Waals surface area contributed by atoms with Crippen molar-refractivity contribution in [1.82, 2.24) is 9.80 Å². The Labute approximate surface area is 407 Å². The third-order valence-corrected chi connectivity index (χ3v) is 19.4. The average molecular weight is 962 g/mol. The molecule has 0 aromatic heterocycles. The number of anilines is 1. The Morgan fingerprint density at radius 1 is 0.855 bits per heavy atom. The number of carbonyl (C=O) groups is 2. The van der Waals surface area contributed by atoms with E-state index in [0.29, 0.717) is 56.1 Å². The molecule has 4 saturated carbocycles. The van der Waals surface area contributed by atoms with Crippen molar-refractivity contribution in [3.05, 3.63) is 53.1 Å². The summed E-state index contributed by atoms with van der Waals surface area (Å²) >= 11 is 0. The van der Waals surface area contributed by atoms with Crippen LogP contribution >= 0.6 is 0 Å². The van der Waals surface area contributed by atoms with Crippen molar-refractivity contribution in [3.63, 3.8) is 0 Å². The van der Waals surface area contributed by atoms with Crippen LogP contribution in [-0.2, 0) is 14.3 Å². The lowest BCUT2D eigenvalue weighted by atomic mass is 9.49. The van der Waals surface area contributed by atoms with Crippen molar-refractivity contribution in [2.45, 2.75) is 183 Å². The van der Waals surface area contributed by atoms with Gasteiger partial charge in [0.1, 0.15) is 22.4 Å². The number of unbranched alkanes of at least 4 members (excludes halogenated alkanes) is 1. The first-order valence-corrected chi connectivity index (χ1v) is 25.9. The van der Waals surface area contributed by atoms with Gasteiger partial charge in [0, 0.05) is 60.8 Å². The molecule has 15 atom stereocenters. The number of nitrogens with one attached hydrogen (secondary N) is 1. The number of likely N-dealkylation sites (tertiary alicyclic amines) is 1. The molecule has 2 unspecified atom stereocenters. The summed E-state index contributed by atoms with van der Waals surface area (Å²) in [7, 11) is 2.97. The second-order valence-corrected chi connectivity index (χ2v) is 22.9. The minimum Gasteiger partial charge on any atom is -0.493 e. The first kappa shape index (κ1) is 50.6. The van der Waals surface area contributed by atoms with Gasteiger partial charge in [-0.1, -0.05) is 51.8 Å². The number of methoxy groups -OCH3 is 2. The highest BCUT2D eigenvalue weighted by Crippen LogP contribution is 2.78. The molecule has 1 spiro atoms. The standard InChI is InChI=1S/C36H51NO11.C18H28N2O/c1-19-6-11-26-31(3,40)35(43)25(17-37(26)16-19)33(42)18-34-24(32(33,41)15-27(35)38)10-9-23-30(34,2)13-12-28(36(23,44)48-34)47-29(39)20-7-8-21(45-4)22(14-20)46-5;1-4-5-12-20-13-7-6-11-16(20)18(21)19-17-14(2)9-8-10-15(17)3/h7-8,14,19,23-28,38,40-44H,6,9-13,15-18H2,1-5H3;8-10,16H,4-7,11-13H2,1-3H3,(H,19,21)/t19-,23-,24-,25-,26-,27-,28-,30-,31+,32+,33+,34?,35-,36+;/m0./s1. The number of carbonyl (C=O) groups excluding carboxylic acids is 2. The third kappa shape index (κ3) is 7.43. The van der Waals surface area contributed by atoms with E-state index in [1.165, 1.54) is 39.5 Å². The summed E-state index contributed by atoms with van der Waals surface area (Å²) in [6.07, 6.45) is 5.89. The molecule has 7 N–H and O–H groups in total. The molecule has 15 heteroatoms. The van der Waals surface area contributed by atoms with E-state index in [9.17, 15) is 40.2 Å². The van der Waals surface area contributed by atoms with E-state index >= 15 is 0 Å². The minimum absolute atomic E-state index is 0.0457. The lowest BCUT2D eigenvalue weighted by Crippen LogP contribution is -2.85. The van der Waals surface area contributed by atoms with Gasteiger partial charge in [0.25, 0.3) is 0 Å². The SMILES string of the molecule is CCCCN1CCCCC1C(=O)Nc1c(C)cccc1C.COc1ccc(C(=O)O[C@H]2CC[C@@]3(C)[C@@H]4CC[C@@H]5C3(C[C@@]3(O)[C@@H]6CN7C[C@@H](C)CC[C@H]7[C@@](C)(O)[C@@]6(O)[C@@H](O)C[C@@]53O)O[C@@]24O)cc1OC. The molecule has 8 fully saturated rings. The predicted octanol–water partition coefficient (Wildman–Crippen LogP) is 5.25. The molecule has 4 aliphatic carbocycles. The zero-order valence-corrected chi connectivity index (χ0v) is 42.1. The van der Waals surface area contributed by atoms with Crippen molar-refractivity contribution in [2.24, 2.45) is 29.1 Å². The van der Waals surface area contributed by atoms with Crippen molar-refractivity contribution >= 4 is 17.6 Å². The number of benzene rings is 2. The molecule has 69 heavy (non-hydrogen) atoms. The van der Waals surface area contributed by atoms with Crippen LogP contribution in [0.5, 0.6) is 11.5 Å². The number of aliphatic hydroxyl groups is 6. The van der Waals surface area contributed by atoms with E-state index in [4.69, 9.17) is 18.9 Å². The van der Waals surface area contributed by atoms with Gasteiger partial charge in [-0.15, -0.1) is 0 Å². The van der Waals surface area contributed by atoms with Crippen LogP contribution < -0.4 is 14.8 Å². The van der Waals surface area contributed by atoms with Gasteiger partial charge in [0.05, 0.1) is 37.5 Å². The zero-order chi connectivity index (χ0) is 49.7. The number of amides is 1. The highest BCUT2D eigenvalue weighted by atomic mass is 16.7. The molecule has 382 valence electrons. The van der Waals surface area contributed by atoms with Gasteiger partial charge in [-0.05, 0) is 127 Å². The Balaban J connectivity index is 0.000000237. The van der Waals surface area contributed by atoms with Gasteiger partial charge in [-0.2, -0.15) is 0 Å². The number of fused-ring (bicyclic) bond motifs is 5. The highest BCUT2D eigenvalue weighted by Gasteiger charge is 2.88. The van der Waals surface area contributed by atoms with Crippen molar-refractivity contribution in [3.8, 4) is 11.5 Å². The normalized spacial score (nSPS) is 43.2. The summed E-state index contributed by atoms with van der Waals surface area (Å²) < 4.78 is 23.5. The van der Waals surface area contributed by atoms with Gasteiger partial charge in [-0.3, -0.25) is 14.6 Å². The third-order valence-electron chi connectivity index (χ3n) is 19.4. The summed E-state index contributed by atoms with van der Waals surface area (Å²) in [4.78, 5) is 30.7. The lowest BCUT2D eigenvalue weighted by molar-refractivity contribution is -0.354. The van der Waals surface area contributed by atoms with Gasteiger partial charge >= 0.3 is 5.97 Å². The number of hydrogen-bond acceptors (Lipinski definition) is 14.